The Hall–Kier alpha value is -0.870. The van der Waals surface area contributed by atoms with E-state index in [0.29, 0.717) is 6.61 Å². The quantitative estimate of drug-likeness (QED) is 0.707. The molecule has 4 nitrogen and oxygen atoms in total. The van der Waals surface area contributed by atoms with Gasteiger partial charge in [0.15, 0.2) is 0 Å². The summed E-state index contributed by atoms with van der Waals surface area (Å²) in [5, 5.41) is 0. The molecule has 0 radical (unpaired) electrons. The molecule has 13 heavy (non-hydrogen) atoms. The molecular formula is C9H14N2O2. The fourth-order valence-corrected chi connectivity index (χ4v) is 1.63. The van der Waals surface area contributed by atoms with Gasteiger partial charge in [-0.3, -0.25) is 0 Å². The lowest BCUT2D eigenvalue weighted by Gasteiger charge is -2.13. The van der Waals surface area contributed by atoms with Gasteiger partial charge in [0.05, 0.1) is 0 Å². The number of methoxy groups -OCH3 is 1. The Morgan fingerprint density at radius 2 is 2.69 bits per heavy atom. The first-order chi connectivity index (χ1) is 6.42. The van der Waals surface area contributed by atoms with Gasteiger partial charge < -0.3 is 14.0 Å². The number of ether oxygens (including phenoxy) is 2. The molecule has 0 saturated carbocycles. The minimum atomic E-state index is 0.174. The highest BCUT2D eigenvalue weighted by Gasteiger charge is 2.19. The van der Waals surface area contributed by atoms with Crippen LogP contribution in [0, 0.1) is 0 Å². The number of nitrogens with zero attached hydrogens (tertiary/aromatic N) is 2. The van der Waals surface area contributed by atoms with Gasteiger partial charge in [-0.2, -0.15) is 0 Å². The summed E-state index contributed by atoms with van der Waals surface area (Å²) in [5.74, 6) is 0.939. The van der Waals surface area contributed by atoms with E-state index in [1.807, 2.05) is 6.20 Å². The molecule has 0 spiro atoms. The van der Waals surface area contributed by atoms with Crippen LogP contribution >= 0.6 is 0 Å². The maximum absolute atomic E-state index is 5.55. The Morgan fingerprint density at radius 3 is 3.38 bits per heavy atom. The molecule has 1 aromatic rings. The lowest BCUT2D eigenvalue weighted by Crippen LogP contribution is -2.10. The summed E-state index contributed by atoms with van der Waals surface area (Å²) in [6.45, 7) is 1.40. The van der Waals surface area contributed by atoms with Crippen LogP contribution in [0.5, 0.6) is 0 Å². The second-order valence-corrected chi connectivity index (χ2v) is 3.15. The Balaban J connectivity index is 2.13. The van der Waals surface area contributed by atoms with Crippen LogP contribution in [0.25, 0.3) is 0 Å². The molecule has 72 valence electrons. The van der Waals surface area contributed by atoms with E-state index in [4.69, 9.17) is 9.47 Å². The Bertz CT molecular complexity index is 266. The van der Waals surface area contributed by atoms with E-state index in [0.717, 1.165) is 25.3 Å². The molecule has 1 fully saturated rings. The summed E-state index contributed by atoms with van der Waals surface area (Å²) >= 11 is 0. The van der Waals surface area contributed by atoms with Crippen molar-refractivity contribution in [2.75, 3.05) is 13.7 Å². The lowest BCUT2D eigenvalue weighted by molar-refractivity contribution is 0.0489. The molecule has 0 aliphatic carbocycles. The standard InChI is InChI=1S/C9H14N2O2/c1-12-7-8-10-4-5-11(8)9-3-2-6-13-9/h4-5,9H,2-3,6-7H2,1H3. The predicted molar refractivity (Wildman–Crippen MR) is 47.2 cm³/mol. The normalized spacial score (nSPS) is 22.4. The number of imidazole rings is 1. The molecular weight excluding hydrogens is 168 g/mol. The summed E-state index contributed by atoms with van der Waals surface area (Å²) < 4.78 is 12.7. The molecule has 2 rings (SSSR count). The van der Waals surface area contributed by atoms with Crippen LogP contribution in [0.4, 0.5) is 0 Å². The predicted octanol–water partition coefficient (Wildman–Crippen LogP) is 1.34. The monoisotopic (exact) mass is 182 g/mol. The van der Waals surface area contributed by atoms with Crippen LogP contribution in [0.15, 0.2) is 12.4 Å². The third kappa shape index (κ3) is 1.73. The van der Waals surface area contributed by atoms with E-state index in [1.165, 1.54) is 0 Å². The molecule has 1 unspecified atom stereocenters. The first kappa shape index (κ1) is 8.72. The average Bonchev–Trinajstić information content (AvgIpc) is 2.71. The second-order valence-electron chi connectivity index (χ2n) is 3.15. The molecule has 2 heterocycles. The van der Waals surface area contributed by atoms with Crippen molar-refractivity contribution in [1.29, 1.82) is 0 Å². The molecule has 1 atom stereocenters. The first-order valence-electron chi connectivity index (χ1n) is 4.54. The number of rotatable bonds is 3. The average molecular weight is 182 g/mol. The summed E-state index contributed by atoms with van der Waals surface area (Å²) in [7, 11) is 1.68. The molecule has 4 heteroatoms. The highest BCUT2D eigenvalue weighted by atomic mass is 16.5. The summed E-state index contributed by atoms with van der Waals surface area (Å²) in [6.07, 6.45) is 6.12. The fourth-order valence-electron chi connectivity index (χ4n) is 1.63. The van der Waals surface area contributed by atoms with Gasteiger partial charge in [0.2, 0.25) is 0 Å². The molecule has 0 aromatic carbocycles. The van der Waals surface area contributed by atoms with Crippen molar-refractivity contribution in [3.05, 3.63) is 18.2 Å². The van der Waals surface area contributed by atoms with E-state index in [1.54, 1.807) is 13.3 Å². The van der Waals surface area contributed by atoms with Gasteiger partial charge in [-0.05, 0) is 12.8 Å². The highest BCUT2D eigenvalue weighted by Crippen LogP contribution is 2.23. The third-order valence-corrected chi connectivity index (χ3v) is 2.24. The summed E-state index contributed by atoms with van der Waals surface area (Å²) in [5.41, 5.74) is 0. The molecule has 1 saturated heterocycles. The zero-order valence-corrected chi connectivity index (χ0v) is 7.77. The SMILES string of the molecule is COCc1nccn1C1CCCO1. The lowest BCUT2D eigenvalue weighted by atomic mass is 10.3. The smallest absolute Gasteiger partial charge is 0.136 e. The van der Waals surface area contributed by atoms with Crippen molar-refractivity contribution in [2.45, 2.75) is 25.7 Å². The van der Waals surface area contributed by atoms with Gasteiger partial charge in [-0.1, -0.05) is 0 Å². The molecule has 1 aromatic heterocycles. The fraction of sp³-hybridized carbons (Fsp3) is 0.667. The number of hydrogen-bond acceptors (Lipinski definition) is 3. The Kier molecular flexibility index (Phi) is 2.61. The van der Waals surface area contributed by atoms with Crippen molar-refractivity contribution in [2.24, 2.45) is 0 Å². The summed E-state index contributed by atoms with van der Waals surface area (Å²) in [6, 6.07) is 0. The molecule has 0 bridgehead atoms. The second kappa shape index (κ2) is 3.89. The van der Waals surface area contributed by atoms with Crippen molar-refractivity contribution < 1.29 is 9.47 Å². The van der Waals surface area contributed by atoms with Crippen LogP contribution in [-0.2, 0) is 16.1 Å². The topological polar surface area (TPSA) is 36.3 Å². The number of aromatic nitrogens is 2. The molecule has 1 aliphatic rings. The van der Waals surface area contributed by atoms with Crippen LogP contribution in [0.3, 0.4) is 0 Å². The van der Waals surface area contributed by atoms with Gasteiger partial charge in [0, 0.05) is 26.1 Å². The van der Waals surface area contributed by atoms with Crippen molar-refractivity contribution in [3.63, 3.8) is 0 Å². The highest BCUT2D eigenvalue weighted by molar-refractivity contribution is 4.92. The van der Waals surface area contributed by atoms with Crippen molar-refractivity contribution >= 4 is 0 Å². The van der Waals surface area contributed by atoms with E-state index in [2.05, 4.69) is 9.55 Å². The maximum atomic E-state index is 5.55. The zero-order chi connectivity index (χ0) is 9.10. The van der Waals surface area contributed by atoms with Crippen LogP contribution < -0.4 is 0 Å². The largest absolute Gasteiger partial charge is 0.377 e. The van der Waals surface area contributed by atoms with E-state index in [-0.39, 0.29) is 6.23 Å². The van der Waals surface area contributed by atoms with Crippen molar-refractivity contribution in [1.82, 2.24) is 9.55 Å². The third-order valence-electron chi connectivity index (χ3n) is 2.24. The van der Waals surface area contributed by atoms with Gasteiger partial charge in [-0.15, -0.1) is 0 Å². The molecule has 1 aliphatic heterocycles. The van der Waals surface area contributed by atoms with Crippen molar-refractivity contribution in [3.8, 4) is 0 Å². The molecule has 0 N–H and O–H groups in total. The maximum Gasteiger partial charge on any atom is 0.136 e. The van der Waals surface area contributed by atoms with E-state index >= 15 is 0 Å². The van der Waals surface area contributed by atoms with Crippen LogP contribution in [0.1, 0.15) is 24.9 Å². The minimum absolute atomic E-state index is 0.174. The Labute approximate surface area is 77.5 Å². The van der Waals surface area contributed by atoms with Gasteiger partial charge in [0.1, 0.15) is 18.7 Å². The van der Waals surface area contributed by atoms with Gasteiger partial charge in [0.25, 0.3) is 0 Å². The van der Waals surface area contributed by atoms with Crippen LogP contribution in [0.2, 0.25) is 0 Å². The van der Waals surface area contributed by atoms with Crippen LogP contribution in [-0.4, -0.2) is 23.3 Å². The zero-order valence-electron chi connectivity index (χ0n) is 7.77. The number of hydrogen-bond donors (Lipinski definition) is 0. The van der Waals surface area contributed by atoms with E-state index in [9.17, 15) is 0 Å². The first-order valence-corrected chi connectivity index (χ1v) is 4.54. The summed E-state index contributed by atoms with van der Waals surface area (Å²) in [4.78, 5) is 4.21. The van der Waals surface area contributed by atoms with Gasteiger partial charge >= 0.3 is 0 Å². The Morgan fingerprint density at radius 1 is 1.77 bits per heavy atom. The van der Waals surface area contributed by atoms with Gasteiger partial charge in [-0.25, -0.2) is 4.98 Å². The molecule has 0 amide bonds. The van der Waals surface area contributed by atoms with E-state index < -0.39 is 0 Å². The minimum Gasteiger partial charge on any atom is -0.377 e.